The van der Waals surface area contributed by atoms with Gasteiger partial charge in [-0.3, -0.25) is 9.67 Å². The van der Waals surface area contributed by atoms with Gasteiger partial charge in [0.1, 0.15) is 0 Å². The summed E-state index contributed by atoms with van der Waals surface area (Å²) >= 11 is 4.99. The summed E-state index contributed by atoms with van der Waals surface area (Å²) in [6.45, 7) is 0.752. The minimum atomic E-state index is -0.118. The van der Waals surface area contributed by atoms with Crippen molar-refractivity contribution in [3.8, 4) is 0 Å². The second-order valence-corrected chi connectivity index (χ2v) is 4.34. The van der Waals surface area contributed by atoms with Crippen LogP contribution in [0.25, 0.3) is 0 Å². The maximum absolute atomic E-state index is 11.3. The first kappa shape index (κ1) is 9.71. The third-order valence-corrected chi connectivity index (χ3v) is 3.32. The molecule has 0 unspecified atom stereocenters. The number of aromatic amines is 2. The van der Waals surface area contributed by atoms with Crippen molar-refractivity contribution >= 4 is 12.2 Å². The van der Waals surface area contributed by atoms with Crippen molar-refractivity contribution in [1.82, 2.24) is 14.8 Å². The third-order valence-electron chi connectivity index (χ3n) is 3.00. The van der Waals surface area contributed by atoms with Crippen molar-refractivity contribution in [3.05, 3.63) is 15.3 Å². The summed E-state index contributed by atoms with van der Waals surface area (Å²) in [6.07, 6.45) is 6.40. The van der Waals surface area contributed by atoms with Crippen LogP contribution in [-0.2, 0) is 6.54 Å². The van der Waals surface area contributed by atoms with E-state index in [4.69, 9.17) is 12.2 Å². The van der Waals surface area contributed by atoms with E-state index in [0.717, 1.165) is 18.9 Å². The van der Waals surface area contributed by atoms with E-state index >= 15 is 0 Å². The van der Waals surface area contributed by atoms with Crippen LogP contribution >= 0.6 is 12.2 Å². The molecule has 0 amide bonds. The van der Waals surface area contributed by atoms with Gasteiger partial charge in [0.25, 0.3) is 0 Å². The molecule has 0 saturated heterocycles. The van der Waals surface area contributed by atoms with E-state index in [9.17, 15) is 4.79 Å². The zero-order valence-electron chi connectivity index (χ0n) is 8.08. The number of hydrogen-bond donors (Lipinski definition) is 2. The molecular weight excluding hydrogens is 198 g/mol. The lowest BCUT2D eigenvalue weighted by Crippen LogP contribution is -2.18. The van der Waals surface area contributed by atoms with Crippen molar-refractivity contribution < 1.29 is 0 Å². The lowest BCUT2D eigenvalue weighted by Gasteiger charge is -2.07. The van der Waals surface area contributed by atoms with Crippen molar-refractivity contribution in [2.24, 2.45) is 5.92 Å². The number of rotatable bonds is 3. The molecule has 4 nitrogen and oxygen atoms in total. The Bertz CT molecular complexity index is 369. The maximum atomic E-state index is 11.3. The smallest absolute Gasteiger partial charge is 0.272 e. The Hall–Kier alpha value is -0.840. The molecule has 2 N–H and O–H groups in total. The van der Waals surface area contributed by atoms with Crippen LogP contribution in [0.1, 0.15) is 32.1 Å². The number of aromatic nitrogens is 3. The second-order valence-electron chi connectivity index (χ2n) is 3.95. The van der Waals surface area contributed by atoms with Crippen LogP contribution in [0.4, 0.5) is 0 Å². The Morgan fingerprint density at radius 1 is 1.36 bits per heavy atom. The van der Waals surface area contributed by atoms with Gasteiger partial charge in [-0.2, -0.15) is 0 Å². The Labute approximate surface area is 87.3 Å². The van der Waals surface area contributed by atoms with Gasteiger partial charge in [0.05, 0.1) is 0 Å². The molecule has 1 fully saturated rings. The van der Waals surface area contributed by atoms with Crippen LogP contribution in [0.3, 0.4) is 0 Å². The number of nitrogens with zero attached hydrogens (tertiary/aromatic N) is 1. The van der Waals surface area contributed by atoms with Crippen molar-refractivity contribution in [2.45, 2.75) is 38.6 Å². The maximum Gasteiger partial charge on any atom is 0.342 e. The molecule has 78 valence electrons. The van der Waals surface area contributed by atoms with Gasteiger partial charge in [-0.1, -0.05) is 25.7 Å². The molecule has 0 spiro atoms. The van der Waals surface area contributed by atoms with E-state index < -0.39 is 0 Å². The first-order valence-electron chi connectivity index (χ1n) is 5.15. The van der Waals surface area contributed by atoms with Gasteiger partial charge in [-0.25, -0.2) is 9.89 Å². The predicted molar refractivity (Wildman–Crippen MR) is 56.8 cm³/mol. The predicted octanol–water partition coefficient (Wildman–Crippen LogP) is 1.81. The molecule has 0 aromatic carbocycles. The summed E-state index contributed by atoms with van der Waals surface area (Å²) < 4.78 is 2.11. The number of nitrogens with one attached hydrogen (secondary N) is 2. The molecule has 5 heteroatoms. The molecule has 1 aromatic heterocycles. The summed E-state index contributed by atoms with van der Waals surface area (Å²) in [4.78, 5) is 11.3. The molecule has 1 aliphatic carbocycles. The molecule has 0 radical (unpaired) electrons. The Morgan fingerprint density at radius 2 is 2.07 bits per heavy atom. The summed E-state index contributed by atoms with van der Waals surface area (Å²) in [5.74, 6) is 0.797. The fourth-order valence-electron chi connectivity index (χ4n) is 2.15. The fourth-order valence-corrected chi connectivity index (χ4v) is 2.37. The molecule has 0 aliphatic heterocycles. The lowest BCUT2D eigenvalue weighted by molar-refractivity contribution is 0.451. The third kappa shape index (κ3) is 1.97. The van der Waals surface area contributed by atoms with E-state index in [0.29, 0.717) is 4.77 Å². The number of hydrogen-bond acceptors (Lipinski definition) is 2. The van der Waals surface area contributed by atoms with Crippen LogP contribution in [0.2, 0.25) is 0 Å². The molecule has 1 aromatic rings. The van der Waals surface area contributed by atoms with Gasteiger partial charge in [0, 0.05) is 6.54 Å². The Morgan fingerprint density at radius 3 is 2.64 bits per heavy atom. The van der Waals surface area contributed by atoms with Crippen molar-refractivity contribution in [1.29, 1.82) is 0 Å². The molecule has 1 heterocycles. The monoisotopic (exact) mass is 213 g/mol. The fraction of sp³-hybridized carbons (Fsp3) is 0.778. The van der Waals surface area contributed by atoms with Crippen LogP contribution in [0, 0.1) is 10.7 Å². The zero-order chi connectivity index (χ0) is 9.97. The number of H-pyrrole nitrogens is 2. The quantitative estimate of drug-likeness (QED) is 0.752. The topological polar surface area (TPSA) is 53.6 Å². The standard InChI is InChI=1S/C9H15N3OS/c13-8-10-11-9(14)12(8)6-5-7-3-1-2-4-7/h7H,1-6H2,(H,10,13)(H,11,14). The van der Waals surface area contributed by atoms with Gasteiger partial charge in [-0.05, 0) is 24.6 Å². The van der Waals surface area contributed by atoms with E-state index in [1.54, 1.807) is 4.57 Å². The van der Waals surface area contributed by atoms with Gasteiger partial charge >= 0.3 is 5.69 Å². The van der Waals surface area contributed by atoms with Crippen LogP contribution < -0.4 is 5.69 Å². The highest BCUT2D eigenvalue weighted by molar-refractivity contribution is 7.71. The van der Waals surface area contributed by atoms with Gasteiger partial charge in [0.15, 0.2) is 4.77 Å². The second kappa shape index (κ2) is 4.13. The largest absolute Gasteiger partial charge is 0.342 e. The van der Waals surface area contributed by atoms with Gasteiger partial charge in [-0.15, -0.1) is 0 Å². The van der Waals surface area contributed by atoms with Crippen molar-refractivity contribution in [3.63, 3.8) is 0 Å². The first-order chi connectivity index (χ1) is 6.77. The van der Waals surface area contributed by atoms with Gasteiger partial charge in [0.2, 0.25) is 0 Å². The summed E-state index contributed by atoms with van der Waals surface area (Å²) in [5.41, 5.74) is -0.118. The van der Waals surface area contributed by atoms with Crippen molar-refractivity contribution in [2.75, 3.05) is 0 Å². The van der Waals surface area contributed by atoms with E-state index in [1.165, 1.54) is 25.7 Å². The van der Waals surface area contributed by atoms with E-state index in [-0.39, 0.29) is 5.69 Å². The molecule has 14 heavy (non-hydrogen) atoms. The summed E-state index contributed by atoms with van der Waals surface area (Å²) in [5, 5.41) is 5.14. The highest BCUT2D eigenvalue weighted by atomic mass is 32.1. The first-order valence-corrected chi connectivity index (χ1v) is 5.55. The van der Waals surface area contributed by atoms with Crippen LogP contribution in [0.5, 0.6) is 0 Å². The van der Waals surface area contributed by atoms with E-state index in [1.807, 2.05) is 0 Å². The summed E-state index contributed by atoms with van der Waals surface area (Å²) in [6, 6.07) is 0. The van der Waals surface area contributed by atoms with E-state index in [2.05, 4.69) is 10.2 Å². The van der Waals surface area contributed by atoms with Crippen LogP contribution in [-0.4, -0.2) is 14.8 Å². The molecule has 0 atom stereocenters. The SMILES string of the molecule is O=c1[nH][nH]c(=S)n1CCC1CCCC1. The zero-order valence-corrected chi connectivity index (χ0v) is 8.90. The molecule has 0 bridgehead atoms. The average molecular weight is 213 g/mol. The minimum absolute atomic E-state index is 0.118. The average Bonchev–Trinajstić information content (AvgIpc) is 2.76. The summed E-state index contributed by atoms with van der Waals surface area (Å²) in [7, 11) is 0. The molecule has 1 aliphatic rings. The van der Waals surface area contributed by atoms with Crippen LogP contribution in [0.15, 0.2) is 4.79 Å². The molecule has 1 saturated carbocycles. The molecular formula is C9H15N3OS. The normalized spacial score (nSPS) is 17.7. The Balaban J connectivity index is 1.97. The molecule has 2 rings (SSSR count). The Kier molecular flexibility index (Phi) is 2.86. The highest BCUT2D eigenvalue weighted by Crippen LogP contribution is 2.27. The highest BCUT2D eigenvalue weighted by Gasteiger charge is 2.15. The lowest BCUT2D eigenvalue weighted by atomic mass is 10.0. The van der Waals surface area contributed by atoms with Gasteiger partial charge < -0.3 is 0 Å². The minimum Gasteiger partial charge on any atom is -0.272 e.